The summed E-state index contributed by atoms with van der Waals surface area (Å²) in [5.41, 5.74) is 1.02. The van der Waals surface area contributed by atoms with Gasteiger partial charge in [0.2, 0.25) is 0 Å². The largest absolute Gasteiger partial charge is 0.387 e. The van der Waals surface area contributed by atoms with E-state index in [2.05, 4.69) is 19.2 Å². The molecule has 0 fully saturated rings. The molecule has 1 atom stereocenters. The van der Waals surface area contributed by atoms with Gasteiger partial charge in [0.1, 0.15) is 0 Å². The molecule has 1 unspecified atom stereocenters. The van der Waals surface area contributed by atoms with Gasteiger partial charge in [0.25, 0.3) is 0 Å². The second kappa shape index (κ2) is 5.37. The second-order valence-corrected chi connectivity index (χ2v) is 4.40. The van der Waals surface area contributed by atoms with E-state index in [1.165, 1.54) is 0 Å². The first kappa shape index (κ1) is 10.7. The number of hydrogen-bond donors (Lipinski definition) is 2. The summed E-state index contributed by atoms with van der Waals surface area (Å²) in [5, 5.41) is 16.9. The van der Waals surface area contributed by atoms with Crippen LogP contribution >= 0.6 is 11.3 Å². The van der Waals surface area contributed by atoms with Crippen molar-refractivity contribution in [3.05, 3.63) is 22.4 Å². The molecule has 3 heteroatoms. The SMILES string of the molecule is CC(C)CNCC(O)c1ccsc1. The van der Waals surface area contributed by atoms with E-state index >= 15 is 0 Å². The summed E-state index contributed by atoms with van der Waals surface area (Å²) in [6.07, 6.45) is -0.356. The van der Waals surface area contributed by atoms with Crippen LogP contribution in [0.15, 0.2) is 16.8 Å². The molecule has 2 nitrogen and oxygen atoms in total. The summed E-state index contributed by atoms with van der Waals surface area (Å²) in [6.45, 7) is 5.92. The van der Waals surface area contributed by atoms with Crippen molar-refractivity contribution in [2.45, 2.75) is 20.0 Å². The lowest BCUT2D eigenvalue weighted by Crippen LogP contribution is -2.25. The Labute approximate surface area is 83.6 Å². The van der Waals surface area contributed by atoms with Crippen LogP contribution in [0, 0.1) is 5.92 Å². The number of aliphatic hydroxyl groups excluding tert-OH is 1. The third kappa shape index (κ3) is 3.89. The zero-order valence-corrected chi connectivity index (χ0v) is 8.97. The third-order valence-electron chi connectivity index (χ3n) is 1.82. The van der Waals surface area contributed by atoms with Crippen molar-refractivity contribution in [3.63, 3.8) is 0 Å². The highest BCUT2D eigenvalue weighted by atomic mass is 32.1. The highest BCUT2D eigenvalue weighted by Gasteiger charge is 2.06. The molecule has 0 amide bonds. The first-order valence-corrected chi connectivity index (χ1v) is 5.55. The first-order chi connectivity index (χ1) is 6.20. The van der Waals surface area contributed by atoms with E-state index in [0.29, 0.717) is 12.5 Å². The van der Waals surface area contributed by atoms with E-state index in [1.807, 2.05) is 16.8 Å². The molecule has 0 aliphatic rings. The molecule has 0 aliphatic heterocycles. The van der Waals surface area contributed by atoms with Crippen LogP contribution in [0.1, 0.15) is 25.5 Å². The highest BCUT2D eigenvalue weighted by Crippen LogP contribution is 2.14. The molecule has 0 aliphatic carbocycles. The standard InChI is InChI=1S/C10H17NOS/c1-8(2)5-11-6-10(12)9-3-4-13-7-9/h3-4,7-8,10-12H,5-6H2,1-2H3. The predicted octanol–water partition coefficient (Wildman–Crippen LogP) is 2.03. The van der Waals surface area contributed by atoms with Gasteiger partial charge >= 0.3 is 0 Å². The maximum atomic E-state index is 9.67. The highest BCUT2D eigenvalue weighted by molar-refractivity contribution is 7.07. The van der Waals surface area contributed by atoms with Gasteiger partial charge in [-0.25, -0.2) is 0 Å². The minimum absolute atomic E-state index is 0.356. The molecule has 13 heavy (non-hydrogen) atoms. The number of thiophene rings is 1. The normalized spacial score (nSPS) is 13.5. The van der Waals surface area contributed by atoms with Crippen molar-refractivity contribution in [2.24, 2.45) is 5.92 Å². The molecule has 2 N–H and O–H groups in total. The Morgan fingerprint density at radius 2 is 2.23 bits per heavy atom. The van der Waals surface area contributed by atoms with Gasteiger partial charge in [0, 0.05) is 6.54 Å². The summed E-state index contributed by atoms with van der Waals surface area (Å²) < 4.78 is 0. The van der Waals surface area contributed by atoms with Gasteiger partial charge < -0.3 is 10.4 Å². The van der Waals surface area contributed by atoms with Gasteiger partial charge in [-0.2, -0.15) is 11.3 Å². The molecule has 0 radical (unpaired) electrons. The van der Waals surface area contributed by atoms with Crippen molar-refractivity contribution in [3.8, 4) is 0 Å². The van der Waals surface area contributed by atoms with Crippen molar-refractivity contribution < 1.29 is 5.11 Å². The van der Waals surface area contributed by atoms with Crippen LogP contribution in [0.4, 0.5) is 0 Å². The van der Waals surface area contributed by atoms with E-state index in [9.17, 15) is 5.11 Å². The summed E-state index contributed by atoms with van der Waals surface area (Å²) in [7, 11) is 0. The Morgan fingerprint density at radius 1 is 1.46 bits per heavy atom. The van der Waals surface area contributed by atoms with E-state index in [-0.39, 0.29) is 6.10 Å². The van der Waals surface area contributed by atoms with Gasteiger partial charge in [0.15, 0.2) is 0 Å². The van der Waals surface area contributed by atoms with Crippen LogP contribution in [-0.2, 0) is 0 Å². The van der Waals surface area contributed by atoms with Gasteiger partial charge in [0.05, 0.1) is 6.10 Å². The van der Waals surface area contributed by atoms with Crippen LogP contribution in [0.5, 0.6) is 0 Å². The molecule has 0 spiro atoms. The molecule has 0 saturated carbocycles. The number of aliphatic hydroxyl groups is 1. The van der Waals surface area contributed by atoms with Crippen LogP contribution < -0.4 is 5.32 Å². The lowest BCUT2D eigenvalue weighted by atomic mass is 10.2. The molecule has 74 valence electrons. The molecule has 1 aromatic heterocycles. The Balaban J connectivity index is 2.22. The summed E-state index contributed by atoms with van der Waals surface area (Å²) in [6, 6.07) is 1.96. The Hall–Kier alpha value is -0.380. The smallest absolute Gasteiger partial charge is 0.0922 e. The summed E-state index contributed by atoms with van der Waals surface area (Å²) in [4.78, 5) is 0. The molecule has 1 rings (SSSR count). The lowest BCUT2D eigenvalue weighted by Gasteiger charge is -2.11. The molecule has 1 aromatic rings. The maximum absolute atomic E-state index is 9.67. The molecular weight excluding hydrogens is 182 g/mol. The average Bonchev–Trinajstić information content (AvgIpc) is 2.55. The number of rotatable bonds is 5. The van der Waals surface area contributed by atoms with E-state index in [1.54, 1.807) is 11.3 Å². The number of nitrogens with one attached hydrogen (secondary N) is 1. The van der Waals surface area contributed by atoms with E-state index < -0.39 is 0 Å². The fourth-order valence-electron chi connectivity index (χ4n) is 1.09. The van der Waals surface area contributed by atoms with E-state index in [0.717, 1.165) is 12.1 Å². The monoisotopic (exact) mass is 199 g/mol. The Bertz CT molecular complexity index is 221. The minimum atomic E-state index is -0.356. The zero-order chi connectivity index (χ0) is 9.68. The van der Waals surface area contributed by atoms with Crippen LogP contribution in [0.3, 0.4) is 0 Å². The Morgan fingerprint density at radius 3 is 2.77 bits per heavy atom. The fraction of sp³-hybridized carbons (Fsp3) is 0.600. The zero-order valence-electron chi connectivity index (χ0n) is 8.16. The summed E-state index contributed by atoms with van der Waals surface area (Å²) >= 11 is 1.62. The van der Waals surface area contributed by atoms with Crippen molar-refractivity contribution in [1.82, 2.24) is 5.32 Å². The molecule has 0 aromatic carbocycles. The van der Waals surface area contributed by atoms with Gasteiger partial charge in [-0.3, -0.25) is 0 Å². The van der Waals surface area contributed by atoms with Crippen LogP contribution in [0.25, 0.3) is 0 Å². The third-order valence-corrected chi connectivity index (χ3v) is 2.52. The molecule has 0 bridgehead atoms. The first-order valence-electron chi connectivity index (χ1n) is 4.61. The lowest BCUT2D eigenvalue weighted by molar-refractivity contribution is 0.174. The van der Waals surface area contributed by atoms with Crippen LogP contribution in [-0.4, -0.2) is 18.2 Å². The number of hydrogen-bond acceptors (Lipinski definition) is 3. The Kier molecular flexibility index (Phi) is 4.42. The molecule has 0 saturated heterocycles. The topological polar surface area (TPSA) is 32.3 Å². The summed E-state index contributed by atoms with van der Waals surface area (Å²) in [5.74, 6) is 0.634. The molecule has 1 heterocycles. The minimum Gasteiger partial charge on any atom is -0.387 e. The molecular formula is C10H17NOS. The second-order valence-electron chi connectivity index (χ2n) is 3.62. The quantitative estimate of drug-likeness (QED) is 0.760. The maximum Gasteiger partial charge on any atom is 0.0922 e. The predicted molar refractivity (Wildman–Crippen MR) is 57.0 cm³/mol. The van der Waals surface area contributed by atoms with Gasteiger partial charge in [-0.1, -0.05) is 13.8 Å². The van der Waals surface area contributed by atoms with Crippen molar-refractivity contribution in [2.75, 3.05) is 13.1 Å². The average molecular weight is 199 g/mol. The van der Waals surface area contributed by atoms with Gasteiger partial charge in [-0.05, 0) is 34.9 Å². The van der Waals surface area contributed by atoms with Crippen molar-refractivity contribution >= 4 is 11.3 Å². The van der Waals surface area contributed by atoms with Crippen LogP contribution in [0.2, 0.25) is 0 Å². The fourth-order valence-corrected chi connectivity index (χ4v) is 1.80. The van der Waals surface area contributed by atoms with Crippen molar-refractivity contribution in [1.29, 1.82) is 0 Å². The van der Waals surface area contributed by atoms with E-state index in [4.69, 9.17) is 0 Å². The van der Waals surface area contributed by atoms with Gasteiger partial charge in [-0.15, -0.1) is 0 Å².